The number of hydrogen-bond donors (Lipinski definition) is 2. The second kappa shape index (κ2) is 8.69. The monoisotopic (exact) mass is 416 g/mol. The van der Waals surface area contributed by atoms with Gasteiger partial charge in [0.25, 0.3) is 5.91 Å². The third-order valence-electron chi connectivity index (χ3n) is 6.35. The van der Waals surface area contributed by atoms with Crippen molar-refractivity contribution in [3.8, 4) is 0 Å². The van der Waals surface area contributed by atoms with Gasteiger partial charge in [-0.2, -0.15) is 0 Å². The number of aliphatic carboxylic acids is 1. The van der Waals surface area contributed by atoms with Crippen molar-refractivity contribution in [2.24, 2.45) is 11.8 Å². The first-order valence-electron chi connectivity index (χ1n) is 10.7. The Bertz CT molecular complexity index is 838. The van der Waals surface area contributed by atoms with Gasteiger partial charge in [0.05, 0.1) is 17.4 Å². The van der Waals surface area contributed by atoms with Gasteiger partial charge in [-0.1, -0.05) is 12.2 Å². The molecule has 1 fully saturated rings. The summed E-state index contributed by atoms with van der Waals surface area (Å²) < 4.78 is 0. The molecule has 3 aliphatic rings. The van der Waals surface area contributed by atoms with E-state index in [2.05, 4.69) is 5.32 Å². The van der Waals surface area contributed by atoms with E-state index in [1.807, 2.05) is 17.1 Å². The molecule has 1 aromatic rings. The van der Waals surface area contributed by atoms with Crippen LogP contribution in [0, 0.1) is 11.8 Å². The van der Waals surface area contributed by atoms with E-state index in [4.69, 9.17) is 0 Å². The van der Waals surface area contributed by atoms with Crippen LogP contribution >= 0.6 is 11.3 Å². The number of carbonyl (C=O) groups excluding carboxylic acids is 2. The number of carboxylic acid groups (broad SMARTS) is 1. The van der Waals surface area contributed by atoms with Gasteiger partial charge in [-0.3, -0.25) is 14.4 Å². The van der Waals surface area contributed by atoms with Gasteiger partial charge in [0, 0.05) is 18.0 Å². The highest BCUT2D eigenvalue weighted by Crippen LogP contribution is 2.40. The third kappa shape index (κ3) is 4.10. The fraction of sp³-hybridized carbons (Fsp3) is 0.591. The van der Waals surface area contributed by atoms with Crippen molar-refractivity contribution in [2.75, 3.05) is 18.4 Å². The SMILES string of the molecule is O=C(O)[C@H]1CC=CC[C@H]1C(=O)Nc1sc2c(c1C(=O)N1CCCCC1)CCCC2. The second-order valence-corrected chi connectivity index (χ2v) is 9.36. The molecule has 29 heavy (non-hydrogen) atoms. The molecule has 1 aliphatic heterocycles. The zero-order chi connectivity index (χ0) is 20.4. The van der Waals surface area contributed by atoms with E-state index in [0.717, 1.165) is 63.6 Å². The molecule has 2 atom stereocenters. The third-order valence-corrected chi connectivity index (χ3v) is 7.56. The first-order chi connectivity index (χ1) is 14.1. The second-order valence-electron chi connectivity index (χ2n) is 8.25. The van der Waals surface area contributed by atoms with Crippen molar-refractivity contribution in [2.45, 2.75) is 57.8 Å². The molecule has 0 radical (unpaired) electrons. The topological polar surface area (TPSA) is 86.7 Å². The Labute approximate surface area is 175 Å². The minimum Gasteiger partial charge on any atom is -0.481 e. The van der Waals surface area contributed by atoms with Gasteiger partial charge in [0.15, 0.2) is 0 Å². The predicted octanol–water partition coefficient (Wildman–Crippen LogP) is 3.86. The number of nitrogens with one attached hydrogen (secondary N) is 1. The van der Waals surface area contributed by atoms with Gasteiger partial charge < -0.3 is 15.3 Å². The number of carboxylic acids is 1. The van der Waals surface area contributed by atoms with Crippen molar-refractivity contribution >= 4 is 34.1 Å². The van der Waals surface area contributed by atoms with E-state index < -0.39 is 17.8 Å². The molecule has 2 N–H and O–H groups in total. The molecular formula is C22H28N2O4S. The lowest BCUT2D eigenvalue weighted by molar-refractivity contribution is -0.146. The Morgan fingerprint density at radius 2 is 1.66 bits per heavy atom. The highest BCUT2D eigenvalue weighted by atomic mass is 32.1. The van der Waals surface area contributed by atoms with Crippen molar-refractivity contribution in [1.29, 1.82) is 0 Å². The highest BCUT2D eigenvalue weighted by Gasteiger charge is 2.36. The Hall–Kier alpha value is -2.15. The molecule has 1 aromatic heterocycles. The molecule has 156 valence electrons. The number of fused-ring (bicyclic) bond motifs is 1. The van der Waals surface area contributed by atoms with E-state index in [1.165, 1.54) is 16.2 Å². The standard InChI is InChI=1S/C22H28N2O4S/c25-19(14-8-2-3-9-15(14)22(27)28)23-20-18(16-10-4-5-11-17(16)29-20)21(26)24-12-6-1-7-13-24/h2-3,14-15H,1,4-13H2,(H,23,25)(H,27,28)/t14-,15+/m1/s1. The van der Waals surface area contributed by atoms with E-state index in [1.54, 1.807) is 0 Å². The predicted molar refractivity (Wildman–Crippen MR) is 112 cm³/mol. The van der Waals surface area contributed by atoms with Crippen LogP contribution in [0.2, 0.25) is 0 Å². The number of likely N-dealkylation sites (tertiary alicyclic amines) is 1. The largest absolute Gasteiger partial charge is 0.481 e. The van der Waals surface area contributed by atoms with E-state index >= 15 is 0 Å². The van der Waals surface area contributed by atoms with Crippen molar-refractivity contribution < 1.29 is 19.5 Å². The zero-order valence-corrected chi connectivity index (χ0v) is 17.4. The molecule has 4 rings (SSSR count). The van der Waals surface area contributed by atoms with E-state index in [9.17, 15) is 19.5 Å². The molecule has 0 aromatic carbocycles. The van der Waals surface area contributed by atoms with Crippen LogP contribution in [0.4, 0.5) is 5.00 Å². The Kier molecular flexibility index (Phi) is 6.04. The summed E-state index contributed by atoms with van der Waals surface area (Å²) in [5.74, 6) is -2.51. The average Bonchev–Trinajstić information content (AvgIpc) is 3.11. The molecule has 1 saturated heterocycles. The number of nitrogens with zero attached hydrogens (tertiary/aromatic N) is 1. The number of allylic oxidation sites excluding steroid dienone is 2. The number of hydrogen-bond acceptors (Lipinski definition) is 4. The molecule has 7 heteroatoms. The van der Waals surface area contributed by atoms with Crippen LogP contribution in [0.15, 0.2) is 12.2 Å². The van der Waals surface area contributed by atoms with Crippen molar-refractivity contribution in [1.82, 2.24) is 4.90 Å². The number of rotatable bonds is 4. The maximum atomic E-state index is 13.4. The summed E-state index contributed by atoms with van der Waals surface area (Å²) in [4.78, 5) is 41.1. The summed E-state index contributed by atoms with van der Waals surface area (Å²) in [6.45, 7) is 1.54. The maximum Gasteiger partial charge on any atom is 0.307 e. The van der Waals surface area contributed by atoms with Crippen LogP contribution in [0.3, 0.4) is 0 Å². The van der Waals surface area contributed by atoms with Crippen molar-refractivity contribution in [3.05, 3.63) is 28.2 Å². The number of amides is 2. The maximum absolute atomic E-state index is 13.4. The van der Waals surface area contributed by atoms with Gasteiger partial charge in [0.1, 0.15) is 5.00 Å². The molecule has 0 bridgehead atoms. The fourth-order valence-corrected chi connectivity index (χ4v) is 6.00. The Morgan fingerprint density at radius 3 is 2.38 bits per heavy atom. The summed E-state index contributed by atoms with van der Waals surface area (Å²) in [7, 11) is 0. The summed E-state index contributed by atoms with van der Waals surface area (Å²) in [5, 5.41) is 13.1. The molecule has 0 spiro atoms. The van der Waals surface area contributed by atoms with Crippen LogP contribution in [0.25, 0.3) is 0 Å². The van der Waals surface area contributed by atoms with E-state index in [0.29, 0.717) is 23.4 Å². The smallest absolute Gasteiger partial charge is 0.307 e. The lowest BCUT2D eigenvalue weighted by Crippen LogP contribution is -2.37. The van der Waals surface area contributed by atoms with Crippen LogP contribution < -0.4 is 5.32 Å². The molecule has 6 nitrogen and oxygen atoms in total. The number of anilines is 1. The molecule has 2 heterocycles. The van der Waals surface area contributed by atoms with Crippen LogP contribution in [-0.2, 0) is 22.4 Å². The number of carbonyl (C=O) groups is 3. The lowest BCUT2D eigenvalue weighted by Gasteiger charge is -2.28. The van der Waals surface area contributed by atoms with Gasteiger partial charge >= 0.3 is 5.97 Å². The fourth-order valence-electron chi connectivity index (χ4n) is 4.72. The van der Waals surface area contributed by atoms with Crippen LogP contribution in [0.5, 0.6) is 0 Å². The molecule has 0 saturated carbocycles. The minimum absolute atomic E-state index is 0.0257. The number of piperidine rings is 1. The molecule has 2 aliphatic carbocycles. The van der Waals surface area contributed by atoms with Crippen LogP contribution in [0.1, 0.15) is 65.7 Å². The first-order valence-corrected chi connectivity index (χ1v) is 11.5. The Balaban J connectivity index is 1.62. The normalized spacial score (nSPS) is 24.1. The molecule has 2 amide bonds. The van der Waals surface area contributed by atoms with Gasteiger partial charge in [0.2, 0.25) is 5.91 Å². The number of thiophene rings is 1. The van der Waals surface area contributed by atoms with Crippen molar-refractivity contribution in [3.63, 3.8) is 0 Å². The highest BCUT2D eigenvalue weighted by molar-refractivity contribution is 7.17. The summed E-state index contributed by atoms with van der Waals surface area (Å²) >= 11 is 1.51. The molecule has 0 unspecified atom stereocenters. The Morgan fingerprint density at radius 1 is 0.966 bits per heavy atom. The van der Waals surface area contributed by atoms with Gasteiger partial charge in [-0.15, -0.1) is 11.3 Å². The number of aryl methyl sites for hydroxylation is 1. The molecular weight excluding hydrogens is 388 g/mol. The first kappa shape index (κ1) is 20.1. The quantitative estimate of drug-likeness (QED) is 0.730. The summed E-state index contributed by atoms with van der Waals surface area (Å²) in [5.41, 5.74) is 1.77. The van der Waals surface area contributed by atoms with Gasteiger partial charge in [-0.25, -0.2) is 0 Å². The summed E-state index contributed by atoms with van der Waals surface area (Å²) in [6, 6.07) is 0. The van der Waals surface area contributed by atoms with E-state index in [-0.39, 0.29) is 11.8 Å². The minimum atomic E-state index is -0.940. The van der Waals surface area contributed by atoms with Gasteiger partial charge in [-0.05, 0) is 63.4 Å². The summed E-state index contributed by atoms with van der Waals surface area (Å²) in [6.07, 6.45) is 11.7. The average molecular weight is 417 g/mol. The zero-order valence-electron chi connectivity index (χ0n) is 16.6. The van der Waals surface area contributed by atoms with Crippen LogP contribution in [-0.4, -0.2) is 40.9 Å². The lowest BCUT2D eigenvalue weighted by atomic mass is 9.82.